The maximum absolute atomic E-state index is 8.74. The molecular weight excluding hydrogens is 200 g/mol. The number of hydrogen-bond donors (Lipinski definition) is 4. The van der Waals surface area contributed by atoms with E-state index in [1.165, 1.54) is 0 Å². The minimum atomic E-state index is -0.277. The summed E-state index contributed by atoms with van der Waals surface area (Å²) in [5, 5.41) is 28.7. The van der Waals surface area contributed by atoms with Gasteiger partial charge in [0.25, 0.3) is 0 Å². The van der Waals surface area contributed by atoms with Crippen molar-refractivity contribution in [2.45, 2.75) is 12.8 Å². The van der Waals surface area contributed by atoms with Crippen molar-refractivity contribution in [3.8, 4) is 0 Å². The van der Waals surface area contributed by atoms with Crippen molar-refractivity contribution in [2.24, 2.45) is 0 Å². The van der Waals surface area contributed by atoms with Crippen molar-refractivity contribution in [3.05, 3.63) is 11.6 Å². The predicted molar refractivity (Wildman–Crippen MR) is 52.1 cm³/mol. The van der Waals surface area contributed by atoms with Crippen molar-refractivity contribution < 1.29 is 15.3 Å². The molecule has 7 heteroatoms. The second kappa shape index (κ2) is 6.23. The Balaban J connectivity index is 2.86. The molecule has 0 radical (unpaired) electrons. The van der Waals surface area contributed by atoms with Crippen LogP contribution >= 0.6 is 0 Å². The standard InChI is InChI=1S/C8H14N4O3/c13-3-1-6-10-7(2-4-14)12-8(11-6)9-5-15/h13-15H,1-5H2,(H,9,10,11,12). The van der Waals surface area contributed by atoms with Gasteiger partial charge in [-0.3, -0.25) is 0 Å². The number of rotatable bonds is 6. The summed E-state index contributed by atoms with van der Waals surface area (Å²) in [4.78, 5) is 12.0. The minimum Gasteiger partial charge on any atom is -0.396 e. The number of aromatic nitrogens is 3. The highest BCUT2D eigenvalue weighted by Crippen LogP contribution is 2.02. The molecule has 0 saturated heterocycles. The summed E-state index contributed by atoms with van der Waals surface area (Å²) >= 11 is 0. The van der Waals surface area contributed by atoms with E-state index in [4.69, 9.17) is 15.3 Å². The average molecular weight is 214 g/mol. The zero-order valence-corrected chi connectivity index (χ0v) is 8.22. The average Bonchev–Trinajstić information content (AvgIpc) is 2.19. The molecule has 7 nitrogen and oxygen atoms in total. The monoisotopic (exact) mass is 214 g/mol. The largest absolute Gasteiger partial charge is 0.396 e. The predicted octanol–water partition coefficient (Wildman–Crippen LogP) is -1.70. The lowest BCUT2D eigenvalue weighted by Crippen LogP contribution is -2.12. The van der Waals surface area contributed by atoms with Crippen molar-refractivity contribution in [2.75, 3.05) is 25.3 Å². The molecule has 0 aliphatic heterocycles. The summed E-state index contributed by atoms with van der Waals surface area (Å²) in [5.74, 6) is 1.12. The minimum absolute atomic E-state index is 0.0544. The van der Waals surface area contributed by atoms with Crippen LogP contribution in [0.1, 0.15) is 11.6 Å². The van der Waals surface area contributed by atoms with E-state index in [0.29, 0.717) is 24.5 Å². The molecule has 1 aromatic rings. The van der Waals surface area contributed by atoms with Crippen LogP contribution in [0, 0.1) is 0 Å². The fourth-order valence-electron chi connectivity index (χ4n) is 1.04. The molecule has 0 aliphatic carbocycles. The van der Waals surface area contributed by atoms with Gasteiger partial charge in [0.1, 0.15) is 18.4 Å². The number of nitrogens with zero attached hydrogens (tertiary/aromatic N) is 3. The van der Waals surface area contributed by atoms with Gasteiger partial charge in [-0.15, -0.1) is 0 Å². The van der Waals surface area contributed by atoms with Gasteiger partial charge in [-0.25, -0.2) is 4.98 Å². The van der Waals surface area contributed by atoms with Gasteiger partial charge in [0.05, 0.1) is 13.2 Å². The van der Waals surface area contributed by atoms with Gasteiger partial charge in [0.15, 0.2) is 0 Å². The van der Waals surface area contributed by atoms with Gasteiger partial charge in [-0.05, 0) is 0 Å². The third-order valence-electron chi connectivity index (χ3n) is 1.64. The van der Waals surface area contributed by atoms with Crippen LogP contribution in [0.5, 0.6) is 0 Å². The normalized spacial score (nSPS) is 10.3. The van der Waals surface area contributed by atoms with Crippen LogP contribution in [0.4, 0.5) is 5.95 Å². The molecule has 0 fully saturated rings. The highest BCUT2D eigenvalue weighted by Gasteiger charge is 2.05. The van der Waals surface area contributed by atoms with E-state index < -0.39 is 0 Å². The first kappa shape index (κ1) is 11.8. The Hall–Kier alpha value is -1.31. The molecule has 0 atom stereocenters. The Morgan fingerprint density at radius 2 is 1.40 bits per heavy atom. The maximum Gasteiger partial charge on any atom is 0.227 e. The summed E-state index contributed by atoms with van der Waals surface area (Å²) in [5.41, 5.74) is 0. The Morgan fingerprint density at radius 3 is 1.80 bits per heavy atom. The zero-order valence-electron chi connectivity index (χ0n) is 8.22. The first-order chi connectivity index (χ1) is 7.30. The molecule has 0 aliphatic rings. The smallest absolute Gasteiger partial charge is 0.227 e. The summed E-state index contributed by atoms with van der Waals surface area (Å²) < 4.78 is 0. The molecule has 84 valence electrons. The SMILES string of the molecule is OCCc1nc(CCO)nc(NCO)n1. The zero-order chi connectivity index (χ0) is 11.1. The lowest BCUT2D eigenvalue weighted by Gasteiger charge is -2.05. The summed E-state index contributed by atoms with van der Waals surface area (Å²) in [6, 6.07) is 0. The topological polar surface area (TPSA) is 111 Å². The molecule has 0 saturated carbocycles. The number of anilines is 1. The van der Waals surface area contributed by atoms with E-state index >= 15 is 0 Å². The van der Waals surface area contributed by atoms with E-state index in [2.05, 4.69) is 20.3 Å². The molecule has 0 amide bonds. The molecular formula is C8H14N4O3. The lowest BCUT2D eigenvalue weighted by atomic mass is 10.4. The van der Waals surface area contributed by atoms with Crippen LogP contribution in [0.3, 0.4) is 0 Å². The Morgan fingerprint density at radius 1 is 0.867 bits per heavy atom. The van der Waals surface area contributed by atoms with Crippen LogP contribution in [0.15, 0.2) is 0 Å². The van der Waals surface area contributed by atoms with Crippen molar-refractivity contribution >= 4 is 5.95 Å². The molecule has 15 heavy (non-hydrogen) atoms. The Kier molecular flexibility index (Phi) is 4.88. The van der Waals surface area contributed by atoms with Gasteiger partial charge < -0.3 is 20.6 Å². The van der Waals surface area contributed by atoms with Gasteiger partial charge in [-0.1, -0.05) is 0 Å². The number of hydrogen-bond acceptors (Lipinski definition) is 7. The van der Waals surface area contributed by atoms with E-state index in [0.717, 1.165) is 0 Å². The quantitative estimate of drug-likeness (QED) is 0.418. The van der Waals surface area contributed by atoms with Crippen LogP contribution in [0.25, 0.3) is 0 Å². The fraction of sp³-hybridized carbons (Fsp3) is 0.625. The first-order valence-electron chi connectivity index (χ1n) is 4.60. The molecule has 0 unspecified atom stereocenters. The van der Waals surface area contributed by atoms with Gasteiger partial charge in [0.2, 0.25) is 5.95 Å². The van der Waals surface area contributed by atoms with Crippen molar-refractivity contribution in [1.29, 1.82) is 0 Å². The van der Waals surface area contributed by atoms with Crippen LogP contribution in [-0.2, 0) is 12.8 Å². The third-order valence-corrected chi connectivity index (χ3v) is 1.64. The Labute approximate surface area is 86.8 Å². The second-order valence-electron chi connectivity index (χ2n) is 2.77. The molecule has 0 spiro atoms. The van der Waals surface area contributed by atoms with E-state index in [1.807, 2.05) is 0 Å². The van der Waals surface area contributed by atoms with Crippen LogP contribution in [0.2, 0.25) is 0 Å². The van der Waals surface area contributed by atoms with Gasteiger partial charge in [-0.2, -0.15) is 9.97 Å². The Bertz CT molecular complexity index is 248. The highest BCUT2D eigenvalue weighted by atomic mass is 16.3. The highest BCUT2D eigenvalue weighted by molar-refractivity contribution is 5.23. The van der Waals surface area contributed by atoms with E-state index in [9.17, 15) is 0 Å². The number of nitrogens with one attached hydrogen (secondary N) is 1. The van der Waals surface area contributed by atoms with E-state index in [-0.39, 0.29) is 25.9 Å². The molecule has 1 rings (SSSR count). The fourth-order valence-corrected chi connectivity index (χ4v) is 1.04. The maximum atomic E-state index is 8.74. The first-order valence-corrected chi connectivity index (χ1v) is 4.60. The summed E-state index contributed by atoms with van der Waals surface area (Å²) in [7, 11) is 0. The second-order valence-corrected chi connectivity index (χ2v) is 2.77. The molecule has 0 bridgehead atoms. The summed E-state index contributed by atoms with van der Waals surface area (Å²) in [6.07, 6.45) is 0.641. The van der Waals surface area contributed by atoms with Crippen molar-refractivity contribution in [1.82, 2.24) is 15.0 Å². The third kappa shape index (κ3) is 3.74. The van der Waals surface area contributed by atoms with Crippen LogP contribution < -0.4 is 5.32 Å². The molecule has 1 aromatic heterocycles. The van der Waals surface area contributed by atoms with E-state index in [1.54, 1.807) is 0 Å². The molecule has 1 heterocycles. The molecule has 0 aromatic carbocycles. The number of aliphatic hydroxyl groups is 3. The van der Waals surface area contributed by atoms with Gasteiger partial charge in [0, 0.05) is 12.8 Å². The van der Waals surface area contributed by atoms with Gasteiger partial charge >= 0.3 is 0 Å². The molecule has 4 N–H and O–H groups in total. The lowest BCUT2D eigenvalue weighted by molar-refractivity contribution is 0.292. The summed E-state index contributed by atoms with van der Waals surface area (Å²) in [6.45, 7) is -0.385. The number of aliphatic hydroxyl groups excluding tert-OH is 3. The van der Waals surface area contributed by atoms with Crippen molar-refractivity contribution in [3.63, 3.8) is 0 Å². The van der Waals surface area contributed by atoms with Crippen LogP contribution in [-0.4, -0.2) is 50.2 Å².